The molecule has 0 fully saturated rings. The van der Waals surface area contributed by atoms with E-state index in [0.717, 1.165) is 6.42 Å². The lowest BCUT2D eigenvalue weighted by molar-refractivity contribution is 0.501. The van der Waals surface area contributed by atoms with Crippen LogP contribution >= 0.6 is 0 Å². The zero-order valence-electron chi connectivity index (χ0n) is 5.20. The first-order chi connectivity index (χ1) is 3.06. The van der Waals surface area contributed by atoms with Crippen LogP contribution in [-0.4, -0.2) is 15.8 Å². The molecule has 0 aromatic heterocycles. The molecule has 0 rings (SSSR count). The molecule has 0 aliphatic heterocycles. The fraction of sp³-hybridized carbons (Fsp3) is 1.00. The van der Waals surface area contributed by atoms with Gasteiger partial charge in [-0.05, 0) is 20.3 Å². The Balaban J connectivity index is 3.15. The maximum Gasteiger partial charge on any atom is 0.00941 e. The topological polar surface area (TPSA) is 26.0 Å². The second-order valence-electron chi connectivity index (χ2n) is 2.59. The monoisotopic (exact) mass is 116 g/mol. The van der Waals surface area contributed by atoms with Crippen molar-refractivity contribution in [2.75, 3.05) is 0 Å². The minimum absolute atomic E-state index is 0.0573. The zero-order valence-corrected chi connectivity index (χ0v) is 6.61. The molecular formula is C5H14NSi. The molecule has 1 radical (unpaired) electrons. The van der Waals surface area contributed by atoms with E-state index in [2.05, 4.69) is 13.8 Å². The molecule has 0 aromatic carbocycles. The van der Waals surface area contributed by atoms with Crippen LogP contribution in [0, 0.1) is 0 Å². The Morgan fingerprint density at radius 1 is 1.57 bits per heavy atom. The SMILES string of the molecule is CC(C)(N)CC[SiH2]. The first kappa shape index (κ1) is 7.18. The van der Waals surface area contributed by atoms with Gasteiger partial charge in [0, 0.05) is 15.8 Å². The lowest BCUT2D eigenvalue weighted by Crippen LogP contribution is -2.31. The van der Waals surface area contributed by atoms with Crippen molar-refractivity contribution in [2.45, 2.75) is 31.9 Å². The number of rotatable bonds is 2. The van der Waals surface area contributed by atoms with E-state index < -0.39 is 0 Å². The average molecular weight is 116 g/mol. The highest BCUT2D eigenvalue weighted by molar-refractivity contribution is 6.08. The lowest BCUT2D eigenvalue weighted by atomic mass is 10.0. The van der Waals surface area contributed by atoms with Gasteiger partial charge in [0.05, 0.1) is 0 Å². The van der Waals surface area contributed by atoms with E-state index in [4.69, 9.17) is 5.73 Å². The highest BCUT2D eigenvalue weighted by Crippen LogP contribution is 2.04. The van der Waals surface area contributed by atoms with Crippen molar-refractivity contribution in [2.24, 2.45) is 5.73 Å². The number of nitrogens with two attached hydrogens (primary N) is 1. The summed E-state index contributed by atoms with van der Waals surface area (Å²) in [6, 6.07) is 1.21. The summed E-state index contributed by atoms with van der Waals surface area (Å²) in [6.45, 7) is 4.11. The Morgan fingerprint density at radius 2 is 2.00 bits per heavy atom. The molecule has 0 saturated heterocycles. The third-order valence-corrected chi connectivity index (χ3v) is 1.17. The van der Waals surface area contributed by atoms with Gasteiger partial charge in [-0.15, -0.1) is 0 Å². The van der Waals surface area contributed by atoms with Crippen molar-refractivity contribution in [3.8, 4) is 0 Å². The van der Waals surface area contributed by atoms with E-state index in [-0.39, 0.29) is 5.54 Å². The zero-order chi connectivity index (χ0) is 5.91. The standard InChI is InChI=1S/C5H14NSi/c1-5(2,6)3-4-7/h3-4,6-7H2,1-2H3. The summed E-state index contributed by atoms with van der Waals surface area (Å²) in [4.78, 5) is 0. The van der Waals surface area contributed by atoms with Crippen molar-refractivity contribution in [1.29, 1.82) is 0 Å². The fourth-order valence-corrected chi connectivity index (χ4v) is 1.37. The van der Waals surface area contributed by atoms with E-state index in [1.165, 1.54) is 6.04 Å². The summed E-state index contributed by atoms with van der Waals surface area (Å²) in [5.74, 6) is 0. The molecule has 0 spiro atoms. The third kappa shape index (κ3) is 6.18. The summed E-state index contributed by atoms with van der Waals surface area (Å²) in [5, 5.41) is 0. The van der Waals surface area contributed by atoms with Gasteiger partial charge in [-0.3, -0.25) is 0 Å². The Kier molecular flexibility index (Phi) is 2.54. The number of hydrogen-bond donors (Lipinski definition) is 1. The molecule has 0 heterocycles. The summed E-state index contributed by atoms with van der Waals surface area (Å²) >= 11 is 0. The van der Waals surface area contributed by atoms with Gasteiger partial charge in [0.25, 0.3) is 0 Å². The van der Waals surface area contributed by atoms with Crippen LogP contribution in [-0.2, 0) is 0 Å². The molecule has 0 unspecified atom stereocenters. The van der Waals surface area contributed by atoms with E-state index in [0.29, 0.717) is 0 Å². The molecule has 2 heteroatoms. The Morgan fingerprint density at radius 3 is 2.00 bits per heavy atom. The molecule has 0 saturated carbocycles. The van der Waals surface area contributed by atoms with Gasteiger partial charge in [0.1, 0.15) is 0 Å². The average Bonchev–Trinajstić information content (AvgIpc) is 1.30. The third-order valence-electron chi connectivity index (χ3n) is 0.821. The fourth-order valence-electron chi connectivity index (χ4n) is 0.456. The minimum atomic E-state index is 0.0573. The molecule has 0 aliphatic rings. The first-order valence-electron chi connectivity index (χ1n) is 2.64. The predicted octanol–water partition coefficient (Wildman–Crippen LogP) is 0.165. The normalized spacial score (nSPS) is 12.0. The van der Waals surface area contributed by atoms with Crippen molar-refractivity contribution in [3.63, 3.8) is 0 Å². The van der Waals surface area contributed by atoms with Crippen LogP contribution in [0.25, 0.3) is 0 Å². The quantitative estimate of drug-likeness (QED) is 0.511. The van der Waals surface area contributed by atoms with Gasteiger partial charge in [0.15, 0.2) is 0 Å². The molecule has 0 aromatic rings. The second-order valence-corrected chi connectivity index (χ2v) is 3.30. The van der Waals surface area contributed by atoms with Crippen molar-refractivity contribution < 1.29 is 0 Å². The summed E-state index contributed by atoms with van der Waals surface area (Å²) < 4.78 is 0. The minimum Gasteiger partial charge on any atom is -0.326 e. The predicted molar refractivity (Wildman–Crippen MR) is 36.2 cm³/mol. The Bertz CT molecular complexity index is 46.5. The molecule has 2 N–H and O–H groups in total. The number of hydrogen-bond acceptors (Lipinski definition) is 1. The largest absolute Gasteiger partial charge is 0.326 e. The van der Waals surface area contributed by atoms with Crippen LogP contribution in [0.4, 0.5) is 0 Å². The molecule has 43 valence electrons. The van der Waals surface area contributed by atoms with E-state index in [1.807, 2.05) is 10.2 Å². The molecule has 0 atom stereocenters. The van der Waals surface area contributed by atoms with Crippen LogP contribution < -0.4 is 5.73 Å². The first-order valence-corrected chi connectivity index (χ1v) is 3.64. The molecule has 0 amide bonds. The lowest BCUT2D eigenvalue weighted by Gasteiger charge is -2.15. The summed E-state index contributed by atoms with van der Waals surface area (Å²) in [5.41, 5.74) is 5.71. The van der Waals surface area contributed by atoms with Crippen LogP contribution in [0.3, 0.4) is 0 Å². The summed E-state index contributed by atoms with van der Waals surface area (Å²) in [7, 11) is 1.98. The highest BCUT2D eigenvalue weighted by atomic mass is 28.1. The second kappa shape index (κ2) is 2.48. The Hall–Kier alpha value is 0.177. The Labute approximate surface area is 48.7 Å². The molecule has 1 nitrogen and oxygen atoms in total. The molecule has 7 heavy (non-hydrogen) atoms. The van der Waals surface area contributed by atoms with Gasteiger partial charge >= 0.3 is 0 Å². The molecule has 0 aliphatic carbocycles. The van der Waals surface area contributed by atoms with Gasteiger partial charge in [0.2, 0.25) is 0 Å². The van der Waals surface area contributed by atoms with Crippen LogP contribution in [0.1, 0.15) is 20.3 Å². The van der Waals surface area contributed by atoms with Crippen LogP contribution in [0.15, 0.2) is 0 Å². The summed E-state index contributed by atoms with van der Waals surface area (Å²) in [6.07, 6.45) is 1.13. The maximum absolute atomic E-state index is 5.65. The highest BCUT2D eigenvalue weighted by Gasteiger charge is 2.06. The van der Waals surface area contributed by atoms with E-state index >= 15 is 0 Å². The van der Waals surface area contributed by atoms with Crippen LogP contribution in [0.2, 0.25) is 6.04 Å². The van der Waals surface area contributed by atoms with Crippen LogP contribution in [0.5, 0.6) is 0 Å². The molecule has 0 bridgehead atoms. The van der Waals surface area contributed by atoms with Gasteiger partial charge < -0.3 is 5.73 Å². The smallest absolute Gasteiger partial charge is 0.00941 e. The van der Waals surface area contributed by atoms with Crippen molar-refractivity contribution in [1.82, 2.24) is 0 Å². The van der Waals surface area contributed by atoms with E-state index in [1.54, 1.807) is 0 Å². The van der Waals surface area contributed by atoms with Crippen molar-refractivity contribution in [3.05, 3.63) is 0 Å². The van der Waals surface area contributed by atoms with Gasteiger partial charge in [-0.1, -0.05) is 6.04 Å². The molecular weight excluding hydrogens is 102 g/mol. The van der Waals surface area contributed by atoms with Gasteiger partial charge in [-0.25, -0.2) is 0 Å². The maximum atomic E-state index is 5.65. The van der Waals surface area contributed by atoms with E-state index in [9.17, 15) is 0 Å². The van der Waals surface area contributed by atoms with Gasteiger partial charge in [-0.2, -0.15) is 0 Å². The van der Waals surface area contributed by atoms with Crippen molar-refractivity contribution >= 4 is 10.2 Å².